The van der Waals surface area contributed by atoms with E-state index in [1.807, 2.05) is 0 Å². The molecule has 1 N–H and O–H groups in total. The smallest absolute Gasteiger partial charge is 0.388 e. The maximum Gasteiger partial charge on any atom is 0.419 e. The molecule has 0 spiro atoms. The zero-order chi connectivity index (χ0) is 13.9. The van der Waals surface area contributed by atoms with Crippen LogP contribution in [0.1, 0.15) is 37.0 Å². The van der Waals surface area contributed by atoms with Crippen LogP contribution in [-0.4, -0.2) is 5.11 Å². The highest BCUT2D eigenvalue weighted by Gasteiger charge is 2.34. The Labute approximate surface area is 103 Å². The first-order valence-corrected chi connectivity index (χ1v) is 5.41. The molecule has 0 saturated heterocycles. The number of hydrogen-bond acceptors (Lipinski definition) is 1. The second-order valence-electron chi connectivity index (χ2n) is 4.25. The van der Waals surface area contributed by atoms with Gasteiger partial charge in [-0.05, 0) is 37.5 Å². The molecule has 0 saturated carbocycles. The van der Waals surface area contributed by atoms with Gasteiger partial charge in [0.25, 0.3) is 0 Å². The summed E-state index contributed by atoms with van der Waals surface area (Å²) in [5, 5.41) is 9.72. The number of aliphatic hydroxyl groups excluding tert-OH is 1. The fourth-order valence-corrected chi connectivity index (χ4v) is 1.52. The Hall–Kier alpha value is -1.36. The third kappa shape index (κ3) is 3.84. The highest BCUT2D eigenvalue weighted by atomic mass is 19.4. The zero-order valence-corrected chi connectivity index (χ0v) is 9.89. The summed E-state index contributed by atoms with van der Waals surface area (Å²) in [5.41, 5.74) is -0.466. The van der Waals surface area contributed by atoms with Crippen LogP contribution in [-0.2, 0) is 6.18 Å². The summed E-state index contributed by atoms with van der Waals surface area (Å²) in [6.07, 6.45) is -5.05. The van der Waals surface area contributed by atoms with Crippen molar-refractivity contribution in [2.45, 2.75) is 32.0 Å². The van der Waals surface area contributed by atoms with Crippen molar-refractivity contribution in [2.75, 3.05) is 0 Å². The van der Waals surface area contributed by atoms with Gasteiger partial charge in [-0.3, -0.25) is 0 Å². The van der Waals surface area contributed by atoms with Gasteiger partial charge in [0, 0.05) is 0 Å². The largest absolute Gasteiger partial charge is 0.419 e. The first-order valence-electron chi connectivity index (χ1n) is 5.41. The van der Waals surface area contributed by atoms with Gasteiger partial charge >= 0.3 is 6.18 Å². The van der Waals surface area contributed by atoms with Crippen LogP contribution in [0, 0.1) is 5.82 Å². The van der Waals surface area contributed by atoms with Crippen LogP contribution < -0.4 is 0 Å². The molecule has 1 unspecified atom stereocenters. The molecule has 0 fully saturated rings. The SMILES string of the molecule is C=C(C)CCC(O)c1ccc(F)c(C(F)(F)F)c1. The maximum absolute atomic E-state index is 13.0. The van der Waals surface area contributed by atoms with Crippen LogP contribution in [0.5, 0.6) is 0 Å². The summed E-state index contributed by atoms with van der Waals surface area (Å²) in [5.74, 6) is -1.33. The van der Waals surface area contributed by atoms with E-state index < -0.39 is 23.7 Å². The van der Waals surface area contributed by atoms with E-state index in [1.165, 1.54) is 0 Å². The topological polar surface area (TPSA) is 20.2 Å². The molecule has 5 heteroatoms. The van der Waals surface area contributed by atoms with Gasteiger partial charge in [0.05, 0.1) is 11.7 Å². The number of benzene rings is 1. The van der Waals surface area contributed by atoms with E-state index in [9.17, 15) is 22.7 Å². The van der Waals surface area contributed by atoms with Gasteiger partial charge < -0.3 is 5.11 Å². The molecule has 1 aromatic rings. The van der Waals surface area contributed by atoms with Crippen molar-refractivity contribution in [1.82, 2.24) is 0 Å². The number of allylic oxidation sites excluding steroid dienone is 1. The number of halogens is 4. The Morgan fingerprint density at radius 1 is 1.39 bits per heavy atom. The lowest BCUT2D eigenvalue weighted by Gasteiger charge is -2.14. The number of rotatable bonds is 4. The van der Waals surface area contributed by atoms with E-state index in [4.69, 9.17) is 0 Å². The van der Waals surface area contributed by atoms with Crippen LogP contribution >= 0.6 is 0 Å². The lowest BCUT2D eigenvalue weighted by Crippen LogP contribution is -2.10. The number of hydrogen-bond donors (Lipinski definition) is 1. The fraction of sp³-hybridized carbons (Fsp3) is 0.385. The van der Waals surface area contributed by atoms with Crippen molar-refractivity contribution in [3.63, 3.8) is 0 Å². The van der Waals surface area contributed by atoms with Gasteiger partial charge in [-0.1, -0.05) is 11.6 Å². The van der Waals surface area contributed by atoms with Gasteiger partial charge in [0.1, 0.15) is 5.82 Å². The molecule has 0 amide bonds. The van der Waals surface area contributed by atoms with Crippen LogP contribution in [0.4, 0.5) is 17.6 Å². The normalized spacial score (nSPS) is 13.4. The lowest BCUT2D eigenvalue weighted by atomic mass is 10.0. The first-order chi connectivity index (χ1) is 8.21. The average molecular weight is 262 g/mol. The van der Waals surface area contributed by atoms with Crippen molar-refractivity contribution in [2.24, 2.45) is 0 Å². The third-order valence-corrected chi connectivity index (χ3v) is 2.53. The summed E-state index contributed by atoms with van der Waals surface area (Å²) >= 11 is 0. The average Bonchev–Trinajstić information content (AvgIpc) is 2.24. The molecule has 1 rings (SSSR count). The molecule has 1 aromatic carbocycles. The molecule has 0 aliphatic heterocycles. The minimum atomic E-state index is -4.76. The summed E-state index contributed by atoms with van der Waals surface area (Å²) in [6, 6.07) is 2.54. The molecule has 1 atom stereocenters. The summed E-state index contributed by atoms with van der Waals surface area (Å²) in [6.45, 7) is 5.40. The van der Waals surface area contributed by atoms with Crippen molar-refractivity contribution < 1.29 is 22.7 Å². The molecule has 0 aromatic heterocycles. The standard InChI is InChI=1S/C13H14F4O/c1-8(2)3-6-12(18)9-4-5-11(14)10(7-9)13(15,16)17/h4-5,7,12,18H,1,3,6H2,2H3. The van der Waals surface area contributed by atoms with E-state index in [2.05, 4.69) is 6.58 Å². The van der Waals surface area contributed by atoms with Crippen molar-refractivity contribution >= 4 is 0 Å². The van der Waals surface area contributed by atoms with Crippen LogP contribution in [0.2, 0.25) is 0 Å². The maximum atomic E-state index is 13.0. The van der Waals surface area contributed by atoms with E-state index >= 15 is 0 Å². The third-order valence-electron chi connectivity index (χ3n) is 2.53. The van der Waals surface area contributed by atoms with Crippen molar-refractivity contribution in [3.05, 3.63) is 47.3 Å². The van der Waals surface area contributed by atoms with E-state index in [-0.39, 0.29) is 12.0 Å². The molecule has 0 radical (unpaired) electrons. The first kappa shape index (κ1) is 14.7. The number of aliphatic hydroxyl groups is 1. The predicted octanol–water partition coefficient (Wildman–Crippen LogP) is 4.23. The molecule has 0 aliphatic carbocycles. The molecule has 18 heavy (non-hydrogen) atoms. The molecular weight excluding hydrogens is 248 g/mol. The molecule has 0 aliphatic rings. The molecule has 100 valence electrons. The minimum absolute atomic E-state index is 0.0602. The molecule has 0 bridgehead atoms. The summed E-state index contributed by atoms with van der Waals surface area (Å²) in [4.78, 5) is 0. The van der Waals surface area contributed by atoms with Gasteiger partial charge in [-0.15, -0.1) is 6.58 Å². The van der Waals surface area contributed by atoms with Gasteiger partial charge in [-0.25, -0.2) is 4.39 Å². The van der Waals surface area contributed by atoms with E-state index in [0.29, 0.717) is 12.5 Å². The lowest BCUT2D eigenvalue weighted by molar-refractivity contribution is -0.140. The molecule has 1 nitrogen and oxygen atoms in total. The quantitative estimate of drug-likeness (QED) is 0.635. The highest BCUT2D eigenvalue weighted by Crippen LogP contribution is 2.33. The Morgan fingerprint density at radius 2 is 2.00 bits per heavy atom. The predicted molar refractivity (Wildman–Crippen MR) is 60.4 cm³/mol. The van der Waals surface area contributed by atoms with E-state index in [0.717, 1.165) is 17.7 Å². The Morgan fingerprint density at radius 3 is 2.50 bits per heavy atom. The van der Waals surface area contributed by atoms with Gasteiger partial charge in [0.2, 0.25) is 0 Å². The Kier molecular flexibility index (Phi) is 4.51. The Balaban J connectivity index is 2.94. The fourth-order valence-electron chi connectivity index (χ4n) is 1.52. The highest BCUT2D eigenvalue weighted by molar-refractivity contribution is 5.28. The minimum Gasteiger partial charge on any atom is -0.388 e. The monoisotopic (exact) mass is 262 g/mol. The Bertz CT molecular complexity index is 437. The number of alkyl halides is 3. The van der Waals surface area contributed by atoms with Gasteiger partial charge in [-0.2, -0.15) is 13.2 Å². The molecular formula is C13H14F4O. The molecule has 0 heterocycles. The summed E-state index contributed by atoms with van der Waals surface area (Å²) < 4.78 is 50.4. The van der Waals surface area contributed by atoms with Crippen LogP contribution in [0.15, 0.2) is 30.4 Å². The van der Waals surface area contributed by atoms with Crippen molar-refractivity contribution in [3.8, 4) is 0 Å². The second kappa shape index (κ2) is 5.52. The summed E-state index contributed by atoms with van der Waals surface area (Å²) in [7, 11) is 0. The van der Waals surface area contributed by atoms with Crippen LogP contribution in [0.3, 0.4) is 0 Å². The van der Waals surface area contributed by atoms with E-state index in [1.54, 1.807) is 6.92 Å². The second-order valence-corrected chi connectivity index (χ2v) is 4.25. The zero-order valence-electron chi connectivity index (χ0n) is 9.89. The van der Waals surface area contributed by atoms with Gasteiger partial charge in [0.15, 0.2) is 0 Å². The van der Waals surface area contributed by atoms with Crippen LogP contribution in [0.25, 0.3) is 0 Å². The van der Waals surface area contributed by atoms with Crippen molar-refractivity contribution in [1.29, 1.82) is 0 Å².